The molecule has 0 aliphatic carbocycles. The van der Waals surface area contributed by atoms with E-state index in [1.807, 2.05) is 0 Å². The van der Waals surface area contributed by atoms with Crippen LogP contribution in [0.3, 0.4) is 0 Å². The summed E-state index contributed by atoms with van der Waals surface area (Å²) in [5, 5.41) is 8.44. The molecule has 0 spiro atoms. The minimum Gasteiger partial charge on any atom is -0.461 e. The normalized spacial score (nSPS) is 12.2. The number of aromatic nitrogens is 3. The van der Waals surface area contributed by atoms with Crippen LogP contribution in [0.2, 0.25) is 10.0 Å². The van der Waals surface area contributed by atoms with Crippen molar-refractivity contribution in [2.24, 2.45) is 0 Å². The minimum atomic E-state index is -0.679. The molecule has 1 aromatic carbocycles. The molecule has 0 N–H and O–H groups in total. The van der Waals surface area contributed by atoms with Crippen LogP contribution in [0.4, 0.5) is 0 Å². The molecule has 0 aliphatic rings. The Morgan fingerprint density at radius 3 is 2.60 bits per heavy atom. The van der Waals surface area contributed by atoms with Crippen molar-refractivity contribution in [1.29, 1.82) is 0 Å². The Morgan fingerprint density at radius 2 is 2.00 bits per heavy atom. The van der Waals surface area contributed by atoms with E-state index in [1.165, 1.54) is 10.9 Å². The van der Waals surface area contributed by atoms with Crippen LogP contribution in [-0.4, -0.2) is 27.6 Å². The Hall–Kier alpha value is -1.30. The summed E-state index contributed by atoms with van der Waals surface area (Å²) in [4.78, 5) is 11.5. The average Bonchev–Trinajstić information content (AvgIpc) is 2.86. The van der Waals surface area contributed by atoms with Crippen LogP contribution < -0.4 is 0 Å². The number of hydrogen-bond donors (Lipinski definition) is 0. The largest absolute Gasteiger partial charge is 0.461 e. The van der Waals surface area contributed by atoms with E-state index in [2.05, 4.69) is 10.3 Å². The fourth-order valence-electron chi connectivity index (χ4n) is 1.55. The number of hydrogen-bond acceptors (Lipinski definition) is 4. The van der Waals surface area contributed by atoms with Gasteiger partial charge in [-0.05, 0) is 30.7 Å². The summed E-state index contributed by atoms with van der Waals surface area (Å²) in [7, 11) is 0. The zero-order chi connectivity index (χ0) is 14.7. The summed E-state index contributed by atoms with van der Waals surface area (Å²) in [6.07, 6.45) is 1.41. The second kappa shape index (κ2) is 6.43. The molecule has 0 saturated carbocycles. The van der Waals surface area contributed by atoms with Crippen LogP contribution in [0.15, 0.2) is 24.4 Å². The predicted octanol–water partition coefficient (Wildman–Crippen LogP) is 3.55. The third-order valence-electron chi connectivity index (χ3n) is 2.39. The molecule has 0 aliphatic heterocycles. The highest BCUT2D eigenvalue weighted by molar-refractivity contribution is 6.35. The SMILES string of the molecule is CCOC(=O)c1cn(C(Cl)c2cc(Cl)cc(Cl)c2)nn1. The summed E-state index contributed by atoms with van der Waals surface area (Å²) in [5.41, 5.74) is 0.0528. The first-order valence-corrected chi connectivity index (χ1v) is 6.89. The third kappa shape index (κ3) is 3.42. The Bertz CT molecular complexity index is 610. The molecule has 1 aromatic heterocycles. The fraction of sp³-hybridized carbons (Fsp3) is 0.250. The first kappa shape index (κ1) is 15.1. The molecule has 2 rings (SSSR count). The van der Waals surface area contributed by atoms with Gasteiger partial charge < -0.3 is 4.74 Å². The quantitative estimate of drug-likeness (QED) is 0.634. The number of esters is 1. The lowest BCUT2D eigenvalue weighted by Crippen LogP contribution is -2.06. The fourth-order valence-corrected chi connectivity index (χ4v) is 2.32. The smallest absolute Gasteiger partial charge is 0.360 e. The first-order valence-electron chi connectivity index (χ1n) is 5.70. The second-order valence-electron chi connectivity index (χ2n) is 3.84. The molecular formula is C12H10Cl3N3O2. The van der Waals surface area contributed by atoms with Gasteiger partial charge in [0.05, 0.1) is 12.8 Å². The molecule has 5 nitrogen and oxygen atoms in total. The van der Waals surface area contributed by atoms with Crippen molar-refractivity contribution in [3.63, 3.8) is 0 Å². The summed E-state index contributed by atoms with van der Waals surface area (Å²) >= 11 is 18.1. The number of halogens is 3. The number of nitrogens with zero attached hydrogens (tertiary/aromatic N) is 3. The van der Waals surface area contributed by atoms with Crippen molar-refractivity contribution in [2.45, 2.75) is 12.4 Å². The van der Waals surface area contributed by atoms with E-state index < -0.39 is 11.5 Å². The van der Waals surface area contributed by atoms with Crippen LogP contribution in [0.5, 0.6) is 0 Å². The molecule has 0 saturated heterocycles. The van der Waals surface area contributed by atoms with Crippen molar-refractivity contribution in [1.82, 2.24) is 15.0 Å². The molecule has 0 radical (unpaired) electrons. The van der Waals surface area contributed by atoms with Crippen LogP contribution in [0.25, 0.3) is 0 Å². The molecule has 1 atom stereocenters. The molecule has 0 bridgehead atoms. The molecule has 2 aromatic rings. The monoisotopic (exact) mass is 333 g/mol. The maximum Gasteiger partial charge on any atom is 0.360 e. The van der Waals surface area contributed by atoms with E-state index >= 15 is 0 Å². The highest BCUT2D eigenvalue weighted by atomic mass is 35.5. The minimum absolute atomic E-state index is 0.0885. The van der Waals surface area contributed by atoms with Gasteiger partial charge in [0.25, 0.3) is 0 Å². The molecule has 1 unspecified atom stereocenters. The number of rotatable bonds is 4. The maximum absolute atomic E-state index is 11.5. The lowest BCUT2D eigenvalue weighted by atomic mass is 10.2. The Labute approximate surface area is 130 Å². The van der Waals surface area contributed by atoms with E-state index in [0.29, 0.717) is 15.6 Å². The second-order valence-corrected chi connectivity index (χ2v) is 5.13. The number of carbonyl (C=O) groups excluding carboxylic acids is 1. The van der Waals surface area contributed by atoms with E-state index in [-0.39, 0.29) is 12.3 Å². The summed E-state index contributed by atoms with van der Waals surface area (Å²) in [6, 6.07) is 4.93. The van der Waals surface area contributed by atoms with Gasteiger partial charge in [-0.2, -0.15) is 0 Å². The summed E-state index contributed by atoms with van der Waals surface area (Å²) in [6.45, 7) is 1.97. The molecule has 8 heteroatoms. The predicted molar refractivity (Wildman–Crippen MR) is 76.4 cm³/mol. The third-order valence-corrected chi connectivity index (χ3v) is 3.28. The Balaban J connectivity index is 2.25. The first-order chi connectivity index (χ1) is 9.51. The van der Waals surface area contributed by atoms with Crippen molar-refractivity contribution in [3.8, 4) is 0 Å². The Morgan fingerprint density at radius 1 is 1.35 bits per heavy atom. The van der Waals surface area contributed by atoms with Gasteiger partial charge in [-0.1, -0.05) is 40.0 Å². The lowest BCUT2D eigenvalue weighted by molar-refractivity contribution is 0.0519. The molecule has 0 amide bonds. The zero-order valence-corrected chi connectivity index (χ0v) is 12.7. The number of benzene rings is 1. The van der Waals surface area contributed by atoms with Gasteiger partial charge in [0, 0.05) is 10.0 Å². The van der Waals surface area contributed by atoms with Crippen molar-refractivity contribution < 1.29 is 9.53 Å². The number of alkyl halides is 1. The number of ether oxygens (including phenoxy) is 1. The zero-order valence-electron chi connectivity index (χ0n) is 10.4. The molecule has 0 fully saturated rings. The standard InChI is InChI=1S/C12H10Cl3N3O2/c1-2-20-12(19)10-6-18(17-16-10)11(15)7-3-8(13)5-9(14)4-7/h3-6,11H,2H2,1H3. The van der Waals surface area contributed by atoms with Gasteiger partial charge in [0.15, 0.2) is 11.2 Å². The molecule has 106 valence electrons. The highest BCUT2D eigenvalue weighted by Crippen LogP contribution is 2.28. The van der Waals surface area contributed by atoms with E-state index in [9.17, 15) is 4.79 Å². The maximum atomic E-state index is 11.5. The number of carbonyl (C=O) groups is 1. The van der Waals surface area contributed by atoms with Crippen LogP contribution >= 0.6 is 34.8 Å². The van der Waals surface area contributed by atoms with Crippen molar-refractivity contribution >= 4 is 40.8 Å². The van der Waals surface area contributed by atoms with Crippen LogP contribution in [-0.2, 0) is 4.74 Å². The van der Waals surface area contributed by atoms with Gasteiger partial charge in [-0.3, -0.25) is 0 Å². The van der Waals surface area contributed by atoms with Gasteiger partial charge in [0.2, 0.25) is 0 Å². The summed E-state index contributed by atoms with van der Waals surface area (Å²) in [5.74, 6) is -0.549. The average molecular weight is 335 g/mol. The topological polar surface area (TPSA) is 57.0 Å². The Kier molecular flexibility index (Phi) is 4.86. The van der Waals surface area contributed by atoms with Gasteiger partial charge in [-0.25, -0.2) is 9.48 Å². The van der Waals surface area contributed by atoms with E-state index in [1.54, 1.807) is 25.1 Å². The van der Waals surface area contributed by atoms with Crippen molar-refractivity contribution in [2.75, 3.05) is 6.61 Å². The molecule has 20 heavy (non-hydrogen) atoms. The van der Waals surface area contributed by atoms with Crippen LogP contribution in [0, 0.1) is 0 Å². The molecular weight excluding hydrogens is 325 g/mol. The van der Waals surface area contributed by atoms with Crippen LogP contribution in [0.1, 0.15) is 28.5 Å². The van der Waals surface area contributed by atoms with Gasteiger partial charge in [-0.15, -0.1) is 5.10 Å². The van der Waals surface area contributed by atoms with Crippen molar-refractivity contribution in [3.05, 3.63) is 45.7 Å². The van der Waals surface area contributed by atoms with Gasteiger partial charge >= 0.3 is 5.97 Å². The van der Waals surface area contributed by atoms with E-state index in [0.717, 1.165) is 0 Å². The lowest BCUT2D eigenvalue weighted by Gasteiger charge is -2.10. The van der Waals surface area contributed by atoms with Gasteiger partial charge in [0.1, 0.15) is 0 Å². The highest BCUT2D eigenvalue weighted by Gasteiger charge is 2.17. The summed E-state index contributed by atoms with van der Waals surface area (Å²) < 4.78 is 6.15. The molecule has 1 heterocycles. The van der Waals surface area contributed by atoms with E-state index in [4.69, 9.17) is 39.5 Å².